The molecule has 3 N–H and O–H groups in total. The van der Waals surface area contributed by atoms with Gasteiger partial charge < -0.3 is 39.4 Å². The second kappa shape index (κ2) is 10.5. The van der Waals surface area contributed by atoms with Gasteiger partial charge in [0.2, 0.25) is 18.6 Å². The number of aliphatic hydroxyl groups is 2. The number of carbonyl (C=O) groups is 3. The van der Waals surface area contributed by atoms with Gasteiger partial charge in [0.25, 0.3) is 0 Å². The first-order valence-corrected chi connectivity index (χ1v) is 13.2. The molecule has 0 bridgehead atoms. The van der Waals surface area contributed by atoms with Gasteiger partial charge in [-0.3, -0.25) is 14.4 Å². The van der Waals surface area contributed by atoms with Gasteiger partial charge in [-0.1, -0.05) is 6.07 Å². The zero-order valence-electron chi connectivity index (χ0n) is 21.9. The minimum absolute atomic E-state index is 0.0219. The Labute approximate surface area is 230 Å². The molecule has 2 aromatic carbocycles. The van der Waals surface area contributed by atoms with E-state index >= 15 is 0 Å². The summed E-state index contributed by atoms with van der Waals surface area (Å²) in [4.78, 5) is 40.3. The van der Waals surface area contributed by atoms with Crippen molar-refractivity contribution in [3.8, 4) is 23.0 Å². The molecule has 2 aliphatic heterocycles. The van der Waals surface area contributed by atoms with Crippen LogP contribution in [0.1, 0.15) is 40.2 Å². The molecule has 210 valence electrons. The Morgan fingerprint density at radius 3 is 2.70 bits per heavy atom. The number of benzene rings is 2. The summed E-state index contributed by atoms with van der Waals surface area (Å²) in [6.07, 6.45) is 1.67. The molecular weight excluding hydrogens is 520 g/mol. The van der Waals surface area contributed by atoms with Crippen LogP contribution in [0.2, 0.25) is 0 Å². The first-order valence-electron chi connectivity index (χ1n) is 13.2. The van der Waals surface area contributed by atoms with Crippen LogP contribution in [-0.2, 0) is 16.1 Å². The number of ether oxygens (including phenoxy) is 4. The minimum Gasteiger partial charge on any atom is -0.493 e. The van der Waals surface area contributed by atoms with Crippen LogP contribution in [0, 0.1) is 5.92 Å². The molecule has 0 saturated heterocycles. The van der Waals surface area contributed by atoms with E-state index in [-0.39, 0.29) is 43.9 Å². The predicted molar refractivity (Wildman–Crippen MR) is 139 cm³/mol. The molecule has 40 heavy (non-hydrogen) atoms. The molecule has 4 unspecified atom stereocenters. The summed E-state index contributed by atoms with van der Waals surface area (Å²) in [5.41, 5.74) is 1.92. The SMILES string of the molecule is COc1cc(C=O)cc2c1OC1C2C(C(=O)NCCO)=CC(N(Cc2ccc3c(c2)OCO3)C(=O)C2CC2)C1O. The average molecular weight is 551 g/mol. The van der Waals surface area contributed by atoms with Crippen LogP contribution in [0.25, 0.3) is 0 Å². The van der Waals surface area contributed by atoms with Gasteiger partial charge in [-0.15, -0.1) is 0 Å². The Balaban J connectivity index is 1.42. The third kappa shape index (κ3) is 4.54. The number of carbonyl (C=O) groups excluding carboxylic acids is 3. The van der Waals surface area contributed by atoms with E-state index in [4.69, 9.17) is 18.9 Å². The van der Waals surface area contributed by atoms with Gasteiger partial charge in [-0.25, -0.2) is 0 Å². The summed E-state index contributed by atoms with van der Waals surface area (Å²) in [6.45, 7) is 0.0503. The van der Waals surface area contributed by atoms with Gasteiger partial charge >= 0.3 is 0 Å². The van der Waals surface area contributed by atoms with Crippen LogP contribution < -0.4 is 24.3 Å². The van der Waals surface area contributed by atoms with Gasteiger partial charge in [-0.05, 0) is 48.7 Å². The zero-order valence-corrected chi connectivity index (χ0v) is 21.9. The highest BCUT2D eigenvalue weighted by atomic mass is 16.7. The summed E-state index contributed by atoms with van der Waals surface area (Å²) in [5.74, 6) is 0.366. The summed E-state index contributed by atoms with van der Waals surface area (Å²) >= 11 is 0. The summed E-state index contributed by atoms with van der Waals surface area (Å²) < 4.78 is 22.6. The predicted octanol–water partition coefficient (Wildman–Crippen LogP) is 1.30. The van der Waals surface area contributed by atoms with Crippen LogP contribution in [0.3, 0.4) is 0 Å². The van der Waals surface area contributed by atoms with E-state index in [0.717, 1.165) is 18.4 Å². The molecule has 0 spiro atoms. The van der Waals surface area contributed by atoms with Crippen LogP contribution in [0.5, 0.6) is 23.0 Å². The van der Waals surface area contributed by atoms with Gasteiger partial charge in [0, 0.05) is 35.7 Å². The number of hydrogen-bond acceptors (Lipinski definition) is 9. The highest BCUT2D eigenvalue weighted by Gasteiger charge is 2.52. The standard InChI is InChI=1S/C29H30N2O9/c1-37-23-10-16(13-33)8-18-24-19(28(35)30-6-7-32)11-20(25(34)27(24)40-26(18)23)31(29(36)17-3-4-17)12-15-2-5-21-22(9-15)39-14-38-21/h2,5,8-11,13,17,20,24-25,27,32,34H,3-4,6-7,12,14H2,1H3,(H,30,35). The third-order valence-corrected chi connectivity index (χ3v) is 7.77. The third-order valence-electron chi connectivity index (χ3n) is 7.77. The van der Waals surface area contributed by atoms with Gasteiger partial charge in [0.05, 0.1) is 25.7 Å². The number of fused-ring (bicyclic) bond motifs is 4. The zero-order chi connectivity index (χ0) is 28.0. The Morgan fingerprint density at radius 1 is 1.18 bits per heavy atom. The number of aldehydes is 1. The van der Waals surface area contributed by atoms with Crippen molar-refractivity contribution in [2.45, 2.75) is 43.6 Å². The highest BCUT2D eigenvalue weighted by molar-refractivity contribution is 5.96. The number of hydrogen-bond donors (Lipinski definition) is 3. The van der Waals surface area contributed by atoms with E-state index in [1.54, 1.807) is 29.2 Å². The van der Waals surface area contributed by atoms with Gasteiger partial charge in [-0.2, -0.15) is 0 Å². The van der Waals surface area contributed by atoms with Crippen molar-refractivity contribution in [2.24, 2.45) is 5.92 Å². The summed E-state index contributed by atoms with van der Waals surface area (Å²) in [7, 11) is 1.45. The molecule has 2 aliphatic carbocycles. The van der Waals surface area contributed by atoms with Crippen molar-refractivity contribution >= 4 is 18.1 Å². The fraction of sp³-hybridized carbons (Fsp3) is 0.414. The van der Waals surface area contributed by atoms with Crippen molar-refractivity contribution in [1.82, 2.24) is 10.2 Å². The number of methoxy groups -OCH3 is 1. The van der Waals surface area contributed by atoms with Crippen LogP contribution >= 0.6 is 0 Å². The molecule has 2 aromatic rings. The number of amides is 2. The molecule has 0 radical (unpaired) electrons. The molecule has 4 aliphatic rings. The molecule has 0 aromatic heterocycles. The first kappa shape index (κ1) is 26.1. The lowest BCUT2D eigenvalue weighted by molar-refractivity contribution is -0.139. The maximum absolute atomic E-state index is 13.6. The second-order valence-electron chi connectivity index (χ2n) is 10.3. The summed E-state index contributed by atoms with van der Waals surface area (Å²) in [5, 5.41) is 23.8. The highest BCUT2D eigenvalue weighted by Crippen LogP contribution is 2.51. The lowest BCUT2D eigenvalue weighted by atomic mass is 9.77. The van der Waals surface area contributed by atoms with E-state index < -0.39 is 30.1 Å². The number of nitrogens with zero attached hydrogens (tertiary/aromatic N) is 1. The van der Waals surface area contributed by atoms with Gasteiger partial charge in [0.15, 0.2) is 23.0 Å². The van der Waals surface area contributed by atoms with Crippen LogP contribution in [0.4, 0.5) is 0 Å². The lowest BCUT2D eigenvalue weighted by Gasteiger charge is -2.41. The monoisotopic (exact) mass is 550 g/mol. The topological polar surface area (TPSA) is 144 Å². The Hall–Kier alpha value is -4.09. The number of nitrogens with one attached hydrogen (secondary N) is 1. The fourth-order valence-corrected chi connectivity index (χ4v) is 5.69. The molecule has 2 amide bonds. The normalized spacial score (nSPS) is 23.8. The van der Waals surface area contributed by atoms with Crippen molar-refractivity contribution in [3.05, 3.63) is 58.7 Å². The molecule has 6 rings (SSSR count). The summed E-state index contributed by atoms with van der Waals surface area (Å²) in [6, 6.07) is 7.69. The van der Waals surface area contributed by atoms with E-state index in [1.807, 2.05) is 6.07 Å². The van der Waals surface area contributed by atoms with E-state index in [2.05, 4.69) is 5.32 Å². The molecular formula is C29H30N2O9. The van der Waals surface area contributed by atoms with Crippen molar-refractivity contribution in [1.29, 1.82) is 0 Å². The second-order valence-corrected chi connectivity index (χ2v) is 10.3. The molecule has 2 heterocycles. The van der Waals surface area contributed by atoms with E-state index in [9.17, 15) is 24.6 Å². The smallest absolute Gasteiger partial charge is 0.247 e. The maximum atomic E-state index is 13.6. The van der Waals surface area contributed by atoms with Crippen molar-refractivity contribution in [2.75, 3.05) is 27.1 Å². The quantitative estimate of drug-likeness (QED) is 0.394. The molecule has 1 saturated carbocycles. The fourth-order valence-electron chi connectivity index (χ4n) is 5.69. The van der Waals surface area contributed by atoms with Crippen LogP contribution in [0.15, 0.2) is 42.0 Å². The first-order chi connectivity index (χ1) is 19.4. The minimum atomic E-state index is -1.20. The molecule has 1 fully saturated rings. The molecule has 11 nitrogen and oxygen atoms in total. The molecule has 4 atom stereocenters. The maximum Gasteiger partial charge on any atom is 0.247 e. The van der Waals surface area contributed by atoms with Crippen molar-refractivity contribution < 1.29 is 43.5 Å². The van der Waals surface area contributed by atoms with Gasteiger partial charge in [0.1, 0.15) is 18.5 Å². The molecule has 11 heteroatoms. The lowest BCUT2D eigenvalue weighted by Crippen LogP contribution is -2.55. The van der Waals surface area contributed by atoms with Crippen LogP contribution in [-0.4, -0.2) is 78.5 Å². The largest absolute Gasteiger partial charge is 0.493 e. The Morgan fingerprint density at radius 2 is 1.98 bits per heavy atom. The Kier molecular flexibility index (Phi) is 6.85. The Bertz CT molecular complexity index is 1390. The van der Waals surface area contributed by atoms with Crippen molar-refractivity contribution in [3.63, 3.8) is 0 Å². The number of rotatable bonds is 9. The van der Waals surface area contributed by atoms with E-state index in [0.29, 0.717) is 40.4 Å². The van der Waals surface area contributed by atoms with E-state index in [1.165, 1.54) is 13.2 Å². The average Bonchev–Trinajstić information content (AvgIpc) is 3.59. The number of aliphatic hydroxyl groups excluding tert-OH is 2.